The molecular weight excluding hydrogens is 643 g/mol. The van der Waals surface area contributed by atoms with E-state index in [-0.39, 0.29) is 78.4 Å². The van der Waals surface area contributed by atoms with Gasteiger partial charge in [-0.05, 0) is 80.3 Å². The lowest BCUT2D eigenvalue weighted by molar-refractivity contribution is -0.348. The number of carboxylic acids is 1. The molecule has 2 fully saturated rings. The number of halogens is 8. The molecule has 2 atom stereocenters. The van der Waals surface area contributed by atoms with Gasteiger partial charge in [0.05, 0.1) is 16.9 Å². The average molecular weight is 670 g/mol. The van der Waals surface area contributed by atoms with Gasteiger partial charge in [-0.3, -0.25) is 9.59 Å². The van der Waals surface area contributed by atoms with E-state index in [1.807, 2.05) is 0 Å². The molecule has 5 rings (SSSR count). The summed E-state index contributed by atoms with van der Waals surface area (Å²) in [5, 5.41) is 9.52. The quantitative estimate of drug-likeness (QED) is 0.357. The number of nitrogens with zero attached hydrogens (tertiary/aromatic N) is 1. The van der Waals surface area contributed by atoms with Crippen molar-refractivity contribution in [1.82, 2.24) is 4.90 Å². The van der Waals surface area contributed by atoms with Crippen molar-refractivity contribution >= 4 is 33.3 Å². The third kappa shape index (κ3) is 4.87. The van der Waals surface area contributed by atoms with Gasteiger partial charge < -0.3 is 10.0 Å². The van der Waals surface area contributed by atoms with E-state index < -0.39 is 62.0 Å². The number of aryl methyl sites for hydroxylation is 1. The van der Waals surface area contributed by atoms with E-state index in [4.69, 9.17) is 11.6 Å². The van der Waals surface area contributed by atoms with E-state index in [0.29, 0.717) is 12.1 Å². The molecule has 0 radical (unpaired) electrons. The van der Waals surface area contributed by atoms with Crippen LogP contribution in [-0.2, 0) is 36.3 Å². The lowest BCUT2D eigenvalue weighted by atomic mass is 9.76. The fourth-order valence-electron chi connectivity index (χ4n) is 7.14. The van der Waals surface area contributed by atoms with Crippen molar-refractivity contribution in [3.05, 3.63) is 64.2 Å². The Bertz CT molecular complexity index is 1560. The first-order chi connectivity index (χ1) is 20.4. The molecule has 1 saturated heterocycles. The summed E-state index contributed by atoms with van der Waals surface area (Å²) >= 11 is 5.95. The molecule has 2 aromatic carbocycles. The number of amides is 1. The first kappa shape index (κ1) is 32.5. The van der Waals surface area contributed by atoms with Gasteiger partial charge in [-0.25, -0.2) is 12.8 Å². The maximum Gasteiger partial charge on any atom is 0.435 e. The van der Waals surface area contributed by atoms with Crippen molar-refractivity contribution in [2.75, 3.05) is 6.54 Å². The highest BCUT2D eigenvalue weighted by Crippen LogP contribution is 2.57. The van der Waals surface area contributed by atoms with Crippen LogP contribution in [0.1, 0.15) is 55.2 Å². The normalized spacial score (nSPS) is 26.2. The molecule has 0 bridgehead atoms. The molecule has 0 aromatic heterocycles. The van der Waals surface area contributed by atoms with Gasteiger partial charge in [-0.1, -0.05) is 29.8 Å². The standard InChI is InChI=1S/C29H27ClF7NO5S/c30-20-7-9-21(10-8-20)44(42,43)26-13-14-38(24(39)16-1-3-17(4-2-16)25(40)41)23(26)12-5-18-15-19(6-11-22(18)26)27(31,28(32,33)34)29(35,36)37/h6-11,15-17,23H,1-5,12-14H2,(H,40,41). The molecule has 2 aliphatic carbocycles. The Balaban J connectivity index is 1.62. The van der Waals surface area contributed by atoms with Crippen molar-refractivity contribution in [3.8, 4) is 0 Å². The topological polar surface area (TPSA) is 91.8 Å². The Hall–Kier alpha value is -2.87. The second-order valence-electron chi connectivity index (χ2n) is 11.6. The summed E-state index contributed by atoms with van der Waals surface area (Å²) in [6.07, 6.45) is -12.2. The number of hydrogen-bond donors (Lipinski definition) is 1. The van der Waals surface area contributed by atoms with Crippen molar-refractivity contribution in [2.45, 2.75) is 78.7 Å². The first-order valence-corrected chi connectivity index (χ1v) is 15.7. The van der Waals surface area contributed by atoms with Gasteiger partial charge in [0, 0.05) is 23.0 Å². The number of aliphatic carboxylic acids is 1. The molecule has 1 heterocycles. The molecule has 44 heavy (non-hydrogen) atoms. The van der Waals surface area contributed by atoms with Crippen molar-refractivity contribution in [3.63, 3.8) is 0 Å². The van der Waals surface area contributed by atoms with Crippen LogP contribution in [-0.4, -0.2) is 55.2 Å². The Morgan fingerprint density at radius 2 is 1.43 bits per heavy atom. The van der Waals surface area contributed by atoms with Crippen LogP contribution in [0.2, 0.25) is 5.02 Å². The second-order valence-corrected chi connectivity index (χ2v) is 14.2. The minimum Gasteiger partial charge on any atom is -0.481 e. The van der Waals surface area contributed by atoms with Crippen LogP contribution < -0.4 is 0 Å². The van der Waals surface area contributed by atoms with Crippen LogP contribution in [0.25, 0.3) is 0 Å². The maximum atomic E-state index is 15.0. The van der Waals surface area contributed by atoms with Crippen molar-refractivity contribution in [2.24, 2.45) is 11.8 Å². The number of alkyl halides is 7. The molecule has 1 aliphatic heterocycles. The third-order valence-corrected chi connectivity index (χ3v) is 12.2. The average Bonchev–Trinajstić information content (AvgIpc) is 3.37. The summed E-state index contributed by atoms with van der Waals surface area (Å²) in [4.78, 5) is 26.3. The second kappa shape index (κ2) is 10.9. The van der Waals surface area contributed by atoms with E-state index >= 15 is 0 Å². The Labute approximate surface area is 253 Å². The van der Waals surface area contributed by atoms with Gasteiger partial charge >= 0.3 is 24.0 Å². The highest BCUT2D eigenvalue weighted by atomic mass is 35.5. The number of carbonyl (C=O) groups is 2. The fourth-order valence-corrected chi connectivity index (χ4v) is 9.63. The summed E-state index contributed by atoms with van der Waals surface area (Å²) in [5.41, 5.74) is -7.69. The third-order valence-electron chi connectivity index (χ3n) is 9.38. The summed E-state index contributed by atoms with van der Waals surface area (Å²) in [7, 11) is -4.48. The van der Waals surface area contributed by atoms with Gasteiger partial charge in [0.1, 0.15) is 4.75 Å². The zero-order valence-electron chi connectivity index (χ0n) is 22.9. The minimum absolute atomic E-state index is 0.0749. The molecule has 0 spiro atoms. The predicted molar refractivity (Wildman–Crippen MR) is 143 cm³/mol. The van der Waals surface area contributed by atoms with E-state index in [1.54, 1.807) is 0 Å². The first-order valence-electron chi connectivity index (χ1n) is 13.9. The van der Waals surface area contributed by atoms with Crippen LogP contribution >= 0.6 is 11.6 Å². The van der Waals surface area contributed by atoms with Crippen LogP contribution in [0, 0.1) is 11.8 Å². The molecule has 2 aromatic rings. The Morgan fingerprint density at radius 3 is 1.98 bits per heavy atom. The zero-order valence-corrected chi connectivity index (χ0v) is 24.5. The molecule has 6 nitrogen and oxygen atoms in total. The molecular formula is C29H27ClF7NO5S. The zero-order chi connectivity index (χ0) is 32.5. The predicted octanol–water partition coefficient (Wildman–Crippen LogP) is 6.74. The Morgan fingerprint density at radius 1 is 0.864 bits per heavy atom. The molecule has 2 unspecified atom stereocenters. The summed E-state index contributed by atoms with van der Waals surface area (Å²) in [6, 6.07) is 5.61. The highest BCUT2D eigenvalue weighted by Gasteiger charge is 2.74. The number of hydrogen-bond acceptors (Lipinski definition) is 4. The minimum atomic E-state index is -6.35. The lowest BCUT2D eigenvalue weighted by Gasteiger charge is -2.44. The number of fused-ring (bicyclic) bond motifs is 3. The van der Waals surface area contributed by atoms with Crippen molar-refractivity contribution < 1.29 is 53.8 Å². The van der Waals surface area contributed by atoms with Gasteiger partial charge in [-0.2, -0.15) is 26.3 Å². The molecule has 15 heteroatoms. The van der Waals surface area contributed by atoms with Crippen LogP contribution in [0.3, 0.4) is 0 Å². The number of likely N-dealkylation sites (tertiary alicyclic amines) is 1. The molecule has 240 valence electrons. The van der Waals surface area contributed by atoms with Crippen LogP contribution in [0.15, 0.2) is 47.4 Å². The largest absolute Gasteiger partial charge is 0.481 e. The smallest absolute Gasteiger partial charge is 0.435 e. The molecule has 3 aliphatic rings. The maximum absolute atomic E-state index is 15.0. The summed E-state index contributed by atoms with van der Waals surface area (Å²) in [5.74, 6) is -2.53. The van der Waals surface area contributed by atoms with Gasteiger partial charge in [0.25, 0.3) is 0 Å². The lowest BCUT2D eigenvalue weighted by Crippen LogP contribution is -2.53. The Kier molecular flexibility index (Phi) is 8.05. The van der Waals surface area contributed by atoms with Gasteiger partial charge in [-0.15, -0.1) is 0 Å². The number of rotatable bonds is 5. The van der Waals surface area contributed by atoms with E-state index in [2.05, 4.69) is 0 Å². The number of carbonyl (C=O) groups excluding carboxylic acids is 1. The van der Waals surface area contributed by atoms with Gasteiger partial charge in [0.15, 0.2) is 9.84 Å². The van der Waals surface area contributed by atoms with Crippen LogP contribution in [0.5, 0.6) is 0 Å². The number of sulfone groups is 1. The van der Waals surface area contributed by atoms with E-state index in [9.17, 15) is 53.8 Å². The SMILES string of the molecule is O=C(O)C1CCC(C(=O)N2CCC3(S(=O)(=O)c4ccc(Cl)cc4)c4ccc(C(F)(C(F)(F)F)C(F)(F)F)cc4CCC23)CC1. The fraction of sp³-hybridized carbons (Fsp3) is 0.517. The molecule has 1 saturated carbocycles. The van der Waals surface area contributed by atoms with E-state index in [0.717, 1.165) is 6.07 Å². The summed E-state index contributed by atoms with van der Waals surface area (Å²) < 4.78 is 123. The summed E-state index contributed by atoms with van der Waals surface area (Å²) in [6.45, 7) is -0.0749. The number of benzene rings is 2. The molecule has 1 amide bonds. The van der Waals surface area contributed by atoms with E-state index in [1.165, 1.54) is 29.2 Å². The van der Waals surface area contributed by atoms with Crippen molar-refractivity contribution in [1.29, 1.82) is 0 Å². The van der Waals surface area contributed by atoms with Crippen LogP contribution in [0.4, 0.5) is 30.7 Å². The number of carboxylic acid groups (broad SMARTS) is 1. The van der Waals surface area contributed by atoms with Gasteiger partial charge in [0.2, 0.25) is 5.91 Å². The molecule has 1 N–H and O–H groups in total. The monoisotopic (exact) mass is 669 g/mol. The highest BCUT2D eigenvalue weighted by molar-refractivity contribution is 7.92.